The molecule has 34 heavy (non-hydrogen) atoms. The summed E-state index contributed by atoms with van der Waals surface area (Å²) in [6.45, 7) is 3.95. The standard InChI is InChI=1S/C29H27N3O2/c1-18-9-6-7-13-23(18)27-26(29(34)32-22-12-8-14-30-17-22)19(2)31-24-15-21(16-25(33)28(24)27)20-10-4-3-5-11-20/h3-14,17,21,27,31H,15-16H2,1-2H3,(H,32,34). The van der Waals surface area contributed by atoms with Gasteiger partial charge in [-0.2, -0.15) is 0 Å². The summed E-state index contributed by atoms with van der Waals surface area (Å²) >= 11 is 0. The maximum absolute atomic E-state index is 13.7. The monoisotopic (exact) mass is 449 g/mol. The van der Waals surface area contributed by atoms with E-state index in [-0.39, 0.29) is 17.6 Å². The largest absolute Gasteiger partial charge is 0.362 e. The fourth-order valence-electron chi connectivity index (χ4n) is 5.16. The first-order valence-electron chi connectivity index (χ1n) is 11.6. The molecule has 0 saturated heterocycles. The van der Waals surface area contributed by atoms with Crippen molar-refractivity contribution in [1.29, 1.82) is 0 Å². The number of pyridine rings is 1. The van der Waals surface area contributed by atoms with Gasteiger partial charge in [-0.3, -0.25) is 14.6 Å². The predicted molar refractivity (Wildman–Crippen MR) is 133 cm³/mol. The van der Waals surface area contributed by atoms with E-state index in [1.807, 2.05) is 56.3 Å². The second-order valence-electron chi connectivity index (χ2n) is 8.98. The van der Waals surface area contributed by atoms with E-state index in [0.29, 0.717) is 23.3 Å². The summed E-state index contributed by atoms with van der Waals surface area (Å²) < 4.78 is 0. The van der Waals surface area contributed by atoms with Crippen molar-refractivity contribution in [1.82, 2.24) is 10.3 Å². The van der Waals surface area contributed by atoms with Crippen molar-refractivity contribution in [3.63, 3.8) is 0 Å². The number of aryl methyl sites for hydroxylation is 1. The third-order valence-electron chi connectivity index (χ3n) is 6.76. The van der Waals surface area contributed by atoms with Gasteiger partial charge in [0, 0.05) is 41.1 Å². The van der Waals surface area contributed by atoms with Crippen LogP contribution in [0.1, 0.15) is 48.3 Å². The zero-order valence-electron chi connectivity index (χ0n) is 19.3. The molecule has 5 rings (SSSR count). The third-order valence-corrected chi connectivity index (χ3v) is 6.76. The Kier molecular flexibility index (Phi) is 5.84. The summed E-state index contributed by atoms with van der Waals surface area (Å²) in [6, 6.07) is 21.8. The lowest BCUT2D eigenvalue weighted by Gasteiger charge is -2.37. The summed E-state index contributed by atoms with van der Waals surface area (Å²) in [5.41, 5.74) is 6.81. The zero-order chi connectivity index (χ0) is 23.7. The molecule has 0 radical (unpaired) electrons. The molecule has 1 aromatic heterocycles. The minimum atomic E-state index is -0.418. The summed E-state index contributed by atoms with van der Waals surface area (Å²) in [6.07, 6.45) is 4.46. The van der Waals surface area contributed by atoms with Gasteiger partial charge < -0.3 is 10.6 Å². The lowest BCUT2D eigenvalue weighted by atomic mass is 9.71. The Labute approximate surface area is 199 Å². The number of nitrogens with one attached hydrogen (secondary N) is 2. The molecule has 0 spiro atoms. The Balaban J connectivity index is 1.58. The SMILES string of the molecule is CC1=C(C(=O)Nc2cccnc2)C(c2ccccc2C)C2=C(CC(c3ccccc3)CC2=O)N1. The van der Waals surface area contributed by atoms with Gasteiger partial charge in [-0.05, 0) is 55.0 Å². The normalized spacial score (nSPS) is 20.0. The number of Topliss-reactive ketones (excluding diaryl/α,β-unsaturated/α-hetero) is 1. The maximum atomic E-state index is 13.7. The molecule has 2 aliphatic rings. The molecule has 0 bridgehead atoms. The molecule has 5 nitrogen and oxygen atoms in total. The number of benzene rings is 2. The van der Waals surface area contributed by atoms with Gasteiger partial charge in [-0.25, -0.2) is 0 Å². The van der Waals surface area contributed by atoms with Crippen LogP contribution in [0.3, 0.4) is 0 Å². The fraction of sp³-hybridized carbons (Fsp3) is 0.207. The van der Waals surface area contributed by atoms with Crippen LogP contribution in [0.2, 0.25) is 0 Å². The van der Waals surface area contributed by atoms with Crippen LogP contribution in [0.4, 0.5) is 5.69 Å². The molecule has 2 heterocycles. The van der Waals surface area contributed by atoms with Crippen molar-refractivity contribution < 1.29 is 9.59 Å². The number of allylic oxidation sites excluding steroid dienone is 3. The molecule has 2 N–H and O–H groups in total. The van der Waals surface area contributed by atoms with E-state index in [2.05, 4.69) is 27.8 Å². The van der Waals surface area contributed by atoms with Crippen molar-refractivity contribution >= 4 is 17.4 Å². The van der Waals surface area contributed by atoms with Gasteiger partial charge in [0.25, 0.3) is 5.91 Å². The first-order valence-corrected chi connectivity index (χ1v) is 11.6. The summed E-state index contributed by atoms with van der Waals surface area (Å²) in [7, 11) is 0. The van der Waals surface area contributed by atoms with Crippen LogP contribution in [-0.2, 0) is 9.59 Å². The maximum Gasteiger partial charge on any atom is 0.254 e. The van der Waals surface area contributed by atoms with Crippen LogP contribution in [0.15, 0.2) is 102 Å². The minimum Gasteiger partial charge on any atom is -0.362 e. The van der Waals surface area contributed by atoms with E-state index in [0.717, 1.165) is 28.9 Å². The first-order chi connectivity index (χ1) is 16.5. The Morgan fingerprint density at radius 2 is 1.74 bits per heavy atom. The molecule has 1 amide bonds. The van der Waals surface area contributed by atoms with Gasteiger partial charge in [0.1, 0.15) is 0 Å². The number of hydrogen-bond donors (Lipinski definition) is 2. The predicted octanol–water partition coefficient (Wildman–Crippen LogP) is 5.39. The molecular weight excluding hydrogens is 422 g/mol. The van der Waals surface area contributed by atoms with E-state index in [1.54, 1.807) is 24.5 Å². The Bertz CT molecular complexity index is 1310. The van der Waals surface area contributed by atoms with E-state index in [4.69, 9.17) is 0 Å². The number of rotatable bonds is 4. The first kappa shape index (κ1) is 21.8. The van der Waals surface area contributed by atoms with Gasteiger partial charge in [-0.1, -0.05) is 54.6 Å². The smallest absolute Gasteiger partial charge is 0.254 e. The Morgan fingerprint density at radius 3 is 2.47 bits per heavy atom. The average Bonchev–Trinajstić information content (AvgIpc) is 2.84. The van der Waals surface area contributed by atoms with Gasteiger partial charge >= 0.3 is 0 Å². The third kappa shape index (κ3) is 4.05. The highest BCUT2D eigenvalue weighted by Gasteiger charge is 2.41. The van der Waals surface area contributed by atoms with Gasteiger partial charge in [-0.15, -0.1) is 0 Å². The minimum absolute atomic E-state index is 0.0926. The van der Waals surface area contributed by atoms with Crippen molar-refractivity contribution in [2.24, 2.45) is 0 Å². The van der Waals surface area contributed by atoms with E-state index in [1.165, 1.54) is 5.56 Å². The lowest BCUT2D eigenvalue weighted by molar-refractivity contribution is -0.116. The molecule has 2 atom stereocenters. The Morgan fingerprint density at radius 1 is 0.971 bits per heavy atom. The van der Waals surface area contributed by atoms with Crippen LogP contribution in [0.5, 0.6) is 0 Å². The highest BCUT2D eigenvalue weighted by Crippen LogP contribution is 2.46. The van der Waals surface area contributed by atoms with Crippen LogP contribution in [0, 0.1) is 6.92 Å². The number of dihydropyridines is 1. The molecule has 170 valence electrons. The van der Waals surface area contributed by atoms with Crippen molar-refractivity contribution in [2.75, 3.05) is 5.32 Å². The van der Waals surface area contributed by atoms with Gasteiger partial charge in [0.05, 0.1) is 11.9 Å². The highest BCUT2D eigenvalue weighted by atomic mass is 16.2. The van der Waals surface area contributed by atoms with Crippen molar-refractivity contribution in [3.8, 4) is 0 Å². The summed E-state index contributed by atoms with van der Waals surface area (Å²) in [5, 5.41) is 6.42. The lowest BCUT2D eigenvalue weighted by Crippen LogP contribution is -2.37. The fourth-order valence-corrected chi connectivity index (χ4v) is 5.16. The second-order valence-corrected chi connectivity index (χ2v) is 8.98. The number of ketones is 1. The molecule has 2 unspecified atom stereocenters. The zero-order valence-corrected chi connectivity index (χ0v) is 19.3. The van der Waals surface area contributed by atoms with Crippen LogP contribution >= 0.6 is 0 Å². The van der Waals surface area contributed by atoms with Crippen LogP contribution in [-0.4, -0.2) is 16.7 Å². The molecule has 5 heteroatoms. The van der Waals surface area contributed by atoms with Crippen LogP contribution in [0.25, 0.3) is 0 Å². The quantitative estimate of drug-likeness (QED) is 0.560. The molecule has 2 aromatic carbocycles. The second kappa shape index (κ2) is 9.10. The molecule has 1 aliphatic carbocycles. The van der Waals surface area contributed by atoms with E-state index < -0.39 is 5.92 Å². The molecule has 0 fully saturated rings. The molecular formula is C29H27N3O2. The van der Waals surface area contributed by atoms with Crippen molar-refractivity contribution in [2.45, 2.75) is 38.5 Å². The summed E-state index contributed by atoms with van der Waals surface area (Å²) in [4.78, 5) is 31.3. The molecule has 1 aliphatic heterocycles. The van der Waals surface area contributed by atoms with E-state index >= 15 is 0 Å². The number of carbonyl (C=O) groups excluding carboxylic acids is 2. The summed E-state index contributed by atoms with van der Waals surface area (Å²) in [5.74, 6) is -0.430. The number of hydrogen-bond acceptors (Lipinski definition) is 4. The topological polar surface area (TPSA) is 71.1 Å². The number of anilines is 1. The van der Waals surface area contributed by atoms with Crippen LogP contribution < -0.4 is 10.6 Å². The molecule has 3 aromatic rings. The number of aromatic nitrogens is 1. The average molecular weight is 450 g/mol. The van der Waals surface area contributed by atoms with Gasteiger partial charge in [0.2, 0.25) is 0 Å². The number of carbonyl (C=O) groups is 2. The van der Waals surface area contributed by atoms with E-state index in [9.17, 15) is 9.59 Å². The van der Waals surface area contributed by atoms with Crippen molar-refractivity contribution in [3.05, 3.63) is 118 Å². The number of amides is 1. The van der Waals surface area contributed by atoms with Gasteiger partial charge in [0.15, 0.2) is 5.78 Å². The highest BCUT2D eigenvalue weighted by molar-refractivity contribution is 6.10. The number of nitrogens with zero attached hydrogens (tertiary/aromatic N) is 1. The molecule has 0 saturated carbocycles. The Hall–Kier alpha value is -3.99.